The van der Waals surface area contributed by atoms with E-state index in [0.717, 1.165) is 5.56 Å². The zero-order valence-corrected chi connectivity index (χ0v) is 10.8. The van der Waals surface area contributed by atoms with Gasteiger partial charge in [0.25, 0.3) is 0 Å². The number of hydrogen-bond donors (Lipinski definition) is 0. The summed E-state index contributed by atoms with van der Waals surface area (Å²) in [6, 6.07) is 11.0. The number of nitrogens with zero attached hydrogens (tertiary/aromatic N) is 1. The van der Waals surface area contributed by atoms with E-state index in [1.807, 2.05) is 0 Å². The minimum absolute atomic E-state index is 0.191. The second-order valence-corrected chi connectivity index (χ2v) is 4.37. The average Bonchev–Trinajstić information content (AvgIpc) is 2.39. The Balaban J connectivity index is 2.29. The largest absolute Gasteiger partial charge is 0.458 e. The van der Waals surface area contributed by atoms with Crippen LogP contribution in [0.1, 0.15) is 24.3 Å². The number of pyridine rings is 1. The highest BCUT2D eigenvalue weighted by Gasteiger charge is 2.11. The zero-order chi connectivity index (χ0) is 13.8. The molecule has 0 unspecified atom stereocenters. The standard InChI is InChI=1S/C15H14FNO2/c1-10(2)19-15(18)14-5-3-4-13(17-14)11-6-8-12(16)9-7-11/h3-10H,1-2H3. The van der Waals surface area contributed by atoms with E-state index in [2.05, 4.69) is 4.98 Å². The van der Waals surface area contributed by atoms with Crippen molar-refractivity contribution in [2.24, 2.45) is 0 Å². The summed E-state index contributed by atoms with van der Waals surface area (Å²) in [5, 5.41) is 0. The Bertz CT molecular complexity index is 579. The second kappa shape index (κ2) is 5.61. The minimum atomic E-state index is -0.459. The molecule has 3 nitrogen and oxygen atoms in total. The van der Waals surface area contributed by atoms with Crippen molar-refractivity contribution in [3.05, 3.63) is 54.0 Å². The van der Waals surface area contributed by atoms with Crippen molar-refractivity contribution < 1.29 is 13.9 Å². The van der Waals surface area contributed by atoms with Gasteiger partial charge in [0.1, 0.15) is 11.5 Å². The summed E-state index contributed by atoms with van der Waals surface area (Å²) >= 11 is 0. The summed E-state index contributed by atoms with van der Waals surface area (Å²) < 4.78 is 17.9. The van der Waals surface area contributed by atoms with Crippen LogP contribution < -0.4 is 0 Å². The molecule has 98 valence electrons. The van der Waals surface area contributed by atoms with Crippen molar-refractivity contribution in [2.75, 3.05) is 0 Å². The van der Waals surface area contributed by atoms with Gasteiger partial charge >= 0.3 is 5.97 Å². The highest BCUT2D eigenvalue weighted by atomic mass is 19.1. The molecule has 0 saturated heterocycles. The van der Waals surface area contributed by atoms with Crippen LogP contribution in [-0.2, 0) is 4.74 Å². The van der Waals surface area contributed by atoms with E-state index in [4.69, 9.17) is 4.74 Å². The minimum Gasteiger partial charge on any atom is -0.458 e. The maximum atomic E-state index is 12.9. The smallest absolute Gasteiger partial charge is 0.357 e. The fourth-order valence-electron chi connectivity index (χ4n) is 1.60. The van der Waals surface area contributed by atoms with Crippen molar-refractivity contribution in [3.63, 3.8) is 0 Å². The third-order valence-electron chi connectivity index (χ3n) is 2.44. The van der Waals surface area contributed by atoms with Crippen molar-refractivity contribution in [3.8, 4) is 11.3 Å². The molecule has 0 amide bonds. The van der Waals surface area contributed by atoms with Crippen LogP contribution in [0.25, 0.3) is 11.3 Å². The van der Waals surface area contributed by atoms with Crippen LogP contribution in [0.5, 0.6) is 0 Å². The van der Waals surface area contributed by atoms with Gasteiger partial charge in [0.15, 0.2) is 0 Å². The lowest BCUT2D eigenvalue weighted by atomic mass is 10.1. The molecule has 1 heterocycles. The lowest BCUT2D eigenvalue weighted by molar-refractivity contribution is 0.0371. The van der Waals surface area contributed by atoms with Crippen molar-refractivity contribution in [1.82, 2.24) is 4.98 Å². The monoisotopic (exact) mass is 259 g/mol. The summed E-state index contributed by atoms with van der Waals surface area (Å²) in [4.78, 5) is 16.0. The number of esters is 1. The van der Waals surface area contributed by atoms with Gasteiger partial charge < -0.3 is 4.74 Å². The van der Waals surface area contributed by atoms with E-state index < -0.39 is 5.97 Å². The van der Waals surface area contributed by atoms with Gasteiger partial charge in [-0.1, -0.05) is 6.07 Å². The molecule has 0 aliphatic rings. The number of benzene rings is 1. The van der Waals surface area contributed by atoms with Gasteiger partial charge in [0, 0.05) is 5.56 Å². The molecule has 2 rings (SSSR count). The molecule has 0 bridgehead atoms. The zero-order valence-electron chi connectivity index (χ0n) is 10.8. The third-order valence-corrected chi connectivity index (χ3v) is 2.44. The van der Waals surface area contributed by atoms with Crippen LogP contribution in [0.15, 0.2) is 42.5 Å². The lowest BCUT2D eigenvalue weighted by Crippen LogP contribution is -2.13. The molecule has 2 aromatic rings. The Kier molecular flexibility index (Phi) is 3.90. The Morgan fingerprint density at radius 3 is 2.47 bits per heavy atom. The molecule has 0 radical (unpaired) electrons. The van der Waals surface area contributed by atoms with E-state index in [-0.39, 0.29) is 17.6 Å². The highest BCUT2D eigenvalue weighted by Crippen LogP contribution is 2.18. The van der Waals surface area contributed by atoms with E-state index in [0.29, 0.717) is 5.69 Å². The summed E-state index contributed by atoms with van der Waals surface area (Å²) in [5.41, 5.74) is 1.61. The van der Waals surface area contributed by atoms with Crippen LogP contribution in [0, 0.1) is 5.82 Å². The van der Waals surface area contributed by atoms with Gasteiger partial charge in [0.2, 0.25) is 0 Å². The van der Waals surface area contributed by atoms with E-state index >= 15 is 0 Å². The molecule has 4 heteroatoms. The maximum absolute atomic E-state index is 12.9. The fraction of sp³-hybridized carbons (Fsp3) is 0.200. The van der Waals surface area contributed by atoms with Crippen LogP contribution in [-0.4, -0.2) is 17.1 Å². The summed E-state index contributed by atoms with van der Waals surface area (Å²) in [6.07, 6.45) is -0.191. The number of carbonyl (C=O) groups is 1. The number of hydrogen-bond acceptors (Lipinski definition) is 3. The van der Waals surface area contributed by atoms with Gasteiger partial charge in [0.05, 0.1) is 11.8 Å². The van der Waals surface area contributed by atoms with E-state index in [9.17, 15) is 9.18 Å². The van der Waals surface area contributed by atoms with Gasteiger partial charge in [-0.15, -0.1) is 0 Å². The SMILES string of the molecule is CC(C)OC(=O)c1cccc(-c2ccc(F)cc2)n1. The van der Waals surface area contributed by atoms with Crippen LogP contribution >= 0.6 is 0 Å². The first-order valence-electron chi connectivity index (χ1n) is 6.00. The molecule has 0 spiro atoms. The molecular weight excluding hydrogens is 245 g/mol. The number of carbonyl (C=O) groups excluding carboxylic acids is 1. The van der Waals surface area contributed by atoms with Crippen LogP contribution in [0.2, 0.25) is 0 Å². The number of aromatic nitrogens is 1. The fourth-order valence-corrected chi connectivity index (χ4v) is 1.60. The number of rotatable bonds is 3. The van der Waals surface area contributed by atoms with E-state index in [1.54, 1.807) is 44.2 Å². The highest BCUT2D eigenvalue weighted by molar-refractivity contribution is 5.88. The molecule has 19 heavy (non-hydrogen) atoms. The molecule has 0 saturated carbocycles. The normalized spacial score (nSPS) is 10.5. The third kappa shape index (κ3) is 3.37. The Labute approximate surface area is 111 Å². The molecule has 0 atom stereocenters. The predicted molar refractivity (Wildman–Crippen MR) is 70.2 cm³/mol. The predicted octanol–water partition coefficient (Wildman–Crippen LogP) is 3.45. The van der Waals surface area contributed by atoms with Crippen molar-refractivity contribution >= 4 is 5.97 Å². The Morgan fingerprint density at radius 1 is 1.16 bits per heavy atom. The van der Waals surface area contributed by atoms with Crippen molar-refractivity contribution in [1.29, 1.82) is 0 Å². The first kappa shape index (κ1) is 13.2. The summed E-state index contributed by atoms with van der Waals surface area (Å²) in [7, 11) is 0. The molecular formula is C15H14FNO2. The van der Waals surface area contributed by atoms with Gasteiger partial charge in [-0.2, -0.15) is 0 Å². The first-order chi connectivity index (χ1) is 9.06. The number of halogens is 1. The molecule has 1 aromatic carbocycles. The van der Waals surface area contributed by atoms with E-state index in [1.165, 1.54) is 12.1 Å². The summed E-state index contributed by atoms with van der Waals surface area (Å²) in [6.45, 7) is 3.56. The maximum Gasteiger partial charge on any atom is 0.357 e. The Hall–Kier alpha value is -2.23. The molecule has 1 aromatic heterocycles. The molecule has 0 aliphatic carbocycles. The quantitative estimate of drug-likeness (QED) is 0.792. The lowest BCUT2D eigenvalue weighted by Gasteiger charge is -2.08. The average molecular weight is 259 g/mol. The van der Waals surface area contributed by atoms with Gasteiger partial charge in [-0.25, -0.2) is 14.2 Å². The number of ether oxygens (including phenoxy) is 1. The topological polar surface area (TPSA) is 39.2 Å². The first-order valence-corrected chi connectivity index (χ1v) is 6.00. The summed E-state index contributed by atoms with van der Waals surface area (Å²) in [5.74, 6) is -0.766. The molecule has 0 N–H and O–H groups in total. The van der Waals surface area contributed by atoms with Crippen molar-refractivity contribution in [2.45, 2.75) is 20.0 Å². The Morgan fingerprint density at radius 2 is 1.84 bits per heavy atom. The van der Waals surface area contributed by atoms with Crippen LogP contribution in [0.4, 0.5) is 4.39 Å². The van der Waals surface area contributed by atoms with Gasteiger partial charge in [-0.3, -0.25) is 0 Å². The van der Waals surface area contributed by atoms with Gasteiger partial charge in [-0.05, 0) is 50.2 Å². The van der Waals surface area contributed by atoms with Crippen LogP contribution in [0.3, 0.4) is 0 Å². The molecule has 0 aliphatic heterocycles. The second-order valence-electron chi connectivity index (χ2n) is 4.37. The molecule has 0 fully saturated rings.